The standard InChI is InChI=1S/C16H17NO3/c18-8-2-4-12-3-1-5-13(9-12)16(19)17-10-14-6-7-15(11-17)20-14/h1,3,5,9,14-15,18H,6-8,10-11H2. The zero-order valence-electron chi connectivity index (χ0n) is 11.2. The van der Waals surface area contributed by atoms with Crippen LogP contribution in [0.25, 0.3) is 0 Å². The predicted molar refractivity (Wildman–Crippen MR) is 74.2 cm³/mol. The molecule has 1 aromatic carbocycles. The van der Waals surface area contributed by atoms with Gasteiger partial charge in [-0.1, -0.05) is 17.9 Å². The third-order valence-electron chi connectivity index (χ3n) is 3.75. The Morgan fingerprint density at radius 3 is 2.80 bits per heavy atom. The number of likely N-dealkylation sites (tertiary alicyclic amines) is 1. The Bertz CT molecular complexity index is 561. The molecule has 1 amide bonds. The van der Waals surface area contributed by atoms with Crippen molar-refractivity contribution in [1.29, 1.82) is 0 Å². The highest BCUT2D eigenvalue weighted by Crippen LogP contribution is 2.27. The summed E-state index contributed by atoms with van der Waals surface area (Å²) >= 11 is 0. The fourth-order valence-corrected chi connectivity index (χ4v) is 2.83. The minimum absolute atomic E-state index is 0.0397. The van der Waals surface area contributed by atoms with E-state index in [1.807, 2.05) is 23.1 Å². The van der Waals surface area contributed by atoms with E-state index in [1.165, 1.54) is 0 Å². The van der Waals surface area contributed by atoms with E-state index in [2.05, 4.69) is 11.8 Å². The average molecular weight is 271 g/mol. The number of hydrogen-bond acceptors (Lipinski definition) is 3. The normalized spacial score (nSPS) is 24.1. The Morgan fingerprint density at radius 2 is 2.10 bits per heavy atom. The van der Waals surface area contributed by atoms with Gasteiger partial charge in [-0.2, -0.15) is 0 Å². The highest BCUT2D eigenvalue weighted by molar-refractivity contribution is 5.94. The van der Waals surface area contributed by atoms with Gasteiger partial charge in [0.2, 0.25) is 0 Å². The summed E-state index contributed by atoms with van der Waals surface area (Å²) in [6.07, 6.45) is 2.51. The van der Waals surface area contributed by atoms with Gasteiger partial charge < -0.3 is 14.7 Å². The van der Waals surface area contributed by atoms with Crippen LogP contribution in [-0.2, 0) is 4.74 Å². The van der Waals surface area contributed by atoms with E-state index < -0.39 is 0 Å². The van der Waals surface area contributed by atoms with Gasteiger partial charge in [-0.05, 0) is 31.0 Å². The molecule has 2 aliphatic heterocycles. The molecule has 2 aliphatic rings. The molecule has 0 aromatic heterocycles. The Hall–Kier alpha value is -1.83. The summed E-state index contributed by atoms with van der Waals surface area (Å²) in [5.74, 6) is 5.46. The molecule has 104 valence electrons. The van der Waals surface area contributed by atoms with E-state index in [1.54, 1.807) is 6.07 Å². The quantitative estimate of drug-likeness (QED) is 0.776. The summed E-state index contributed by atoms with van der Waals surface area (Å²) < 4.78 is 5.75. The molecule has 4 nitrogen and oxygen atoms in total. The minimum Gasteiger partial charge on any atom is -0.384 e. The number of carbonyl (C=O) groups excluding carboxylic acids is 1. The summed E-state index contributed by atoms with van der Waals surface area (Å²) in [4.78, 5) is 14.4. The second kappa shape index (κ2) is 5.66. The van der Waals surface area contributed by atoms with Gasteiger partial charge in [0.1, 0.15) is 6.61 Å². The fourth-order valence-electron chi connectivity index (χ4n) is 2.83. The van der Waals surface area contributed by atoms with Crippen LogP contribution >= 0.6 is 0 Å². The third kappa shape index (κ3) is 2.69. The van der Waals surface area contributed by atoms with Crippen molar-refractivity contribution in [3.05, 3.63) is 35.4 Å². The molecule has 4 heteroatoms. The number of nitrogens with zero attached hydrogens (tertiary/aromatic N) is 1. The number of aliphatic hydroxyl groups excluding tert-OH is 1. The maximum Gasteiger partial charge on any atom is 0.254 e. The molecule has 0 spiro atoms. The van der Waals surface area contributed by atoms with Crippen molar-refractivity contribution in [1.82, 2.24) is 4.90 Å². The van der Waals surface area contributed by atoms with E-state index in [9.17, 15) is 4.79 Å². The van der Waals surface area contributed by atoms with Crippen molar-refractivity contribution >= 4 is 5.91 Å². The molecule has 2 heterocycles. The van der Waals surface area contributed by atoms with Crippen molar-refractivity contribution in [2.24, 2.45) is 0 Å². The molecule has 2 bridgehead atoms. The lowest BCUT2D eigenvalue weighted by Gasteiger charge is -2.32. The number of benzene rings is 1. The molecule has 2 atom stereocenters. The zero-order valence-corrected chi connectivity index (χ0v) is 11.2. The van der Waals surface area contributed by atoms with E-state index in [0.717, 1.165) is 18.4 Å². The van der Waals surface area contributed by atoms with Gasteiger partial charge in [0, 0.05) is 24.2 Å². The first-order valence-electron chi connectivity index (χ1n) is 6.91. The Morgan fingerprint density at radius 1 is 1.35 bits per heavy atom. The third-order valence-corrected chi connectivity index (χ3v) is 3.75. The lowest BCUT2D eigenvalue weighted by molar-refractivity contribution is -0.0303. The number of ether oxygens (including phenoxy) is 1. The maximum absolute atomic E-state index is 12.5. The molecule has 20 heavy (non-hydrogen) atoms. The predicted octanol–water partition coefficient (Wildman–Crippen LogP) is 1.03. The van der Waals surface area contributed by atoms with E-state index >= 15 is 0 Å². The van der Waals surface area contributed by atoms with Crippen LogP contribution in [0.5, 0.6) is 0 Å². The van der Waals surface area contributed by atoms with E-state index in [4.69, 9.17) is 9.84 Å². The number of rotatable bonds is 1. The van der Waals surface area contributed by atoms with Crippen LogP contribution in [0.2, 0.25) is 0 Å². The van der Waals surface area contributed by atoms with Crippen molar-refractivity contribution in [2.45, 2.75) is 25.0 Å². The maximum atomic E-state index is 12.5. The molecule has 0 aliphatic carbocycles. The summed E-state index contributed by atoms with van der Waals surface area (Å²) in [5.41, 5.74) is 1.40. The Kier molecular flexibility index (Phi) is 3.72. The molecule has 1 aromatic rings. The summed E-state index contributed by atoms with van der Waals surface area (Å²) in [7, 11) is 0. The zero-order chi connectivity index (χ0) is 13.9. The van der Waals surface area contributed by atoms with Crippen LogP contribution in [0.3, 0.4) is 0 Å². The molecule has 0 radical (unpaired) electrons. The van der Waals surface area contributed by atoms with Gasteiger partial charge in [-0.3, -0.25) is 4.79 Å². The van der Waals surface area contributed by atoms with Crippen molar-refractivity contribution in [3.8, 4) is 11.8 Å². The second-order valence-corrected chi connectivity index (χ2v) is 5.21. The largest absolute Gasteiger partial charge is 0.384 e. The van der Waals surface area contributed by atoms with Crippen molar-refractivity contribution in [2.75, 3.05) is 19.7 Å². The van der Waals surface area contributed by atoms with Gasteiger partial charge in [-0.15, -0.1) is 0 Å². The van der Waals surface area contributed by atoms with Crippen LogP contribution in [0.4, 0.5) is 0 Å². The van der Waals surface area contributed by atoms with Crippen LogP contribution < -0.4 is 0 Å². The number of carbonyl (C=O) groups is 1. The lowest BCUT2D eigenvalue weighted by atomic mass is 10.1. The van der Waals surface area contributed by atoms with Gasteiger partial charge in [0.15, 0.2) is 0 Å². The first-order chi connectivity index (χ1) is 9.76. The second-order valence-electron chi connectivity index (χ2n) is 5.21. The van der Waals surface area contributed by atoms with Crippen LogP contribution in [0.15, 0.2) is 24.3 Å². The number of amides is 1. The first-order valence-corrected chi connectivity index (χ1v) is 6.91. The monoisotopic (exact) mass is 271 g/mol. The minimum atomic E-state index is -0.176. The number of hydrogen-bond donors (Lipinski definition) is 1. The molecule has 1 N–H and O–H groups in total. The fraction of sp³-hybridized carbons (Fsp3) is 0.438. The highest BCUT2D eigenvalue weighted by atomic mass is 16.5. The SMILES string of the molecule is O=C(c1cccc(C#CCO)c1)N1CC2CCC(C1)O2. The van der Waals surface area contributed by atoms with Crippen LogP contribution in [-0.4, -0.2) is 47.8 Å². The molecular weight excluding hydrogens is 254 g/mol. The van der Waals surface area contributed by atoms with Gasteiger partial charge in [0.25, 0.3) is 5.91 Å². The summed E-state index contributed by atoms with van der Waals surface area (Å²) in [5, 5.41) is 8.71. The summed E-state index contributed by atoms with van der Waals surface area (Å²) in [6.45, 7) is 1.19. The highest BCUT2D eigenvalue weighted by Gasteiger charge is 2.35. The van der Waals surface area contributed by atoms with E-state index in [0.29, 0.717) is 18.7 Å². The number of fused-ring (bicyclic) bond motifs is 2. The average Bonchev–Trinajstić information content (AvgIpc) is 2.83. The number of aliphatic hydroxyl groups is 1. The summed E-state index contributed by atoms with van der Waals surface area (Å²) in [6, 6.07) is 7.25. The molecule has 2 unspecified atom stereocenters. The van der Waals surface area contributed by atoms with Gasteiger partial charge in [-0.25, -0.2) is 0 Å². The van der Waals surface area contributed by atoms with Crippen LogP contribution in [0.1, 0.15) is 28.8 Å². The van der Waals surface area contributed by atoms with Crippen molar-refractivity contribution < 1.29 is 14.6 Å². The smallest absolute Gasteiger partial charge is 0.254 e. The van der Waals surface area contributed by atoms with Crippen LogP contribution in [0, 0.1) is 11.8 Å². The molecular formula is C16H17NO3. The number of morpholine rings is 1. The van der Waals surface area contributed by atoms with Gasteiger partial charge >= 0.3 is 0 Å². The van der Waals surface area contributed by atoms with E-state index in [-0.39, 0.29) is 24.7 Å². The molecule has 2 saturated heterocycles. The molecule has 2 fully saturated rings. The van der Waals surface area contributed by atoms with Gasteiger partial charge in [0.05, 0.1) is 12.2 Å². The Labute approximate surface area is 118 Å². The lowest BCUT2D eigenvalue weighted by Crippen LogP contribution is -2.45. The Balaban J connectivity index is 1.76. The first kappa shape index (κ1) is 13.2. The molecule has 3 rings (SSSR count). The topological polar surface area (TPSA) is 49.8 Å². The van der Waals surface area contributed by atoms with Crippen molar-refractivity contribution in [3.63, 3.8) is 0 Å². The molecule has 0 saturated carbocycles.